The second-order valence-electron chi connectivity index (χ2n) is 7.62. The minimum absolute atomic E-state index is 0.142. The summed E-state index contributed by atoms with van der Waals surface area (Å²) in [5.74, 6) is -0.383. The van der Waals surface area contributed by atoms with Crippen molar-refractivity contribution in [2.24, 2.45) is 5.92 Å². The van der Waals surface area contributed by atoms with Crippen LogP contribution in [-0.4, -0.2) is 38.9 Å². The van der Waals surface area contributed by atoms with Crippen LogP contribution in [0.3, 0.4) is 0 Å². The zero-order valence-electron chi connectivity index (χ0n) is 16.4. The summed E-state index contributed by atoms with van der Waals surface area (Å²) in [6.45, 7) is 1.41. The van der Waals surface area contributed by atoms with Gasteiger partial charge in [0.1, 0.15) is 11.4 Å². The van der Waals surface area contributed by atoms with Crippen LogP contribution < -0.4 is 4.72 Å². The first-order valence-corrected chi connectivity index (χ1v) is 11.5. The van der Waals surface area contributed by atoms with Gasteiger partial charge < -0.3 is 9.32 Å². The van der Waals surface area contributed by atoms with Crippen LogP contribution in [0, 0.1) is 11.7 Å². The van der Waals surface area contributed by atoms with Crippen LogP contribution in [0.5, 0.6) is 0 Å². The van der Waals surface area contributed by atoms with Crippen molar-refractivity contribution >= 4 is 26.9 Å². The first kappa shape index (κ1) is 20.6. The van der Waals surface area contributed by atoms with Crippen LogP contribution in [0.4, 0.5) is 4.39 Å². The van der Waals surface area contributed by atoms with E-state index in [1.165, 1.54) is 18.2 Å². The predicted molar refractivity (Wildman–Crippen MR) is 112 cm³/mol. The molecule has 6 nitrogen and oxygen atoms in total. The number of rotatable bonds is 6. The summed E-state index contributed by atoms with van der Waals surface area (Å²) in [5.41, 5.74) is 1.09. The van der Waals surface area contributed by atoms with E-state index in [9.17, 15) is 17.6 Å². The molecule has 158 valence electrons. The number of sulfonamides is 1. The van der Waals surface area contributed by atoms with E-state index in [4.69, 9.17) is 4.42 Å². The Bertz CT molecular complexity index is 1120. The maximum Gasteiger partial charge on any atom is 0.289 e. The number of carbonyl (C=O) groups is 1. The van der Waals surface area contributed by atoms with E-state index in [0.29, 0.717) is 49.4 Å². The van der Waals surface area contributed by atoms with E-state index in [0.717, 1.165) is 5.39 Å². The van der Waals surface area contributed by atoms with Gasteiger partial charge in [-0.05, 0) is 48.6 Å². The fourth-order valence-corrected chi connectivity index (χ4v) is 4.94. The van der Waals surface area contributed by atoms with E-state index >= 15 is 0 Å². The Hall–Kier alpha value is -2.71. The predicted octanol–water partition coefficient (Wildman–Crippen LogP) is 3.54. The summed E-state index contributed by atoms with van der Waals surface area (Å²) in [6.07, 6.45) is 1.41. The molecule has 1 N–H and O–H groups in total. The third-order valence-electron chi connectivity index (χ3n) is 5.38. The molecule has 1 amide bonds. The fraction of sp³-hybridized carbons (Fsp3) is 0.318. The lowest BCUT2D eigenvalue weighted by Crippen LogP contribution is -2.41. The Balaban J connectivity index is 1.28. The quantitative estimate of drug-likeness (QED) is 0.649. The smallest absolute Gasteiger partial charge is 0.289 e. The molecule has 30 heavy (non-hydrogen) atoms. The van der Waals surface area contributed by atoms with Crippen LogP contribution in [0.1, 0.15) is 29.0 Å². The van der Waals surface area contributed by atoms with Crippen LogP contribution >= 0.6 is 0 Å². The van der Waals surface area contributed by atoms with Gasteiger partial charge in [0, 0.05) is 25.0 Å². The molecule has 2 aromatic carbocycles. The van der Waals surface area contributed by atoms with Gasteiger partial charge in [0.15, 0.2) is 5.76 Å². The Morgan fingerprint density at radius 3 is 2.60 bits per heavy atom. The van der Waals surface area contributed by atoms with Crippen molar-refractivity contribution < 1.29 is 22.0 Å². The maximum absolute atomic E-state index is 13.2. The van der Waals surface area contributed by atoms with Gasteiger partial charge in [-0.15, -0.1) is 0 Å². The Morgan fingerprint density at radius 1 is 1.10 bits per heavy atom. The topological polar surface area (TPSA) is 79.6 Å². The van der Waals surface area contributed by atoms with E-state index in [-0.39, 0.29) is 17.6 Å². The van der Waals surface area contributed by atoms with Crippen molar-refractivity contribution in [3.05, 3.63) is 71.7 Å². The number of hydrogen-bond acceptors (Lipinski definition) is 4. The third-order valence-corrected chi connectivity index (χ3v) is 6.70. The van der Waals surface area contributed by atoms with E-state index in [1.54, 1.807) is 17.0 Å². The number of nitrogens with zero attached hydrogens (tertiary/aromatic N) is 1. The molecule has 0 saturated carbocycles. The lowest BCUT2D eigenvalue weighted by atomic mass is 9.97. The molecular formula is C22H23FN2O4S. The molecule has 1 aliphatic rings. The van der Waals surface area contributed by atoms with Crippen molar-refractivity contribution in [1.82, 2.24) is 9.62 Å². The molecule has 0 radical (unpaired) electrons. The molecule has 1 fully saturated rings. The molecule has 2 heterocycles. The number of carbonyl (C=O) groups excluding carboxylic acids is 1. The molecule has 0 aliphatic carbocycles. The van der Waals surface area contributed by atoms with Gasteiger partial charge in [-0.2, -0.15) is 0 Å². The molecule has 1 aliphatic heterocycles. The first-order chi connectivity index (χ1) is 14.4. The number of hydrogen-bond donors (Lipinski definition) is 1. The number of furan rings is 1. The molecule has 8 heteroatoms. The van der Waals surface area contributed by atoms with Gasteiger partial charge in [-0.1, -0.05) is 30.3 Å². The van der Waals surface area contributed by atoms with Crippen molar-refractivity contribution in [1.29, 1.82) is 0 Å². The van der Waals surface area contributed by atoms with Crippen LogP contribution in [0.25, 0.3) is 11.0 Å². The Kier molecular flexibility index (Phi) is 5.87. The van der Waals surface area contributed by atoms with E-state index < -0.39 is 15.8 Å². The minimum Gasteiger partial charge on any atom is -0.451 e. The largest absolute Gasteiger partial charge is 0.451 e. The zero-order valence-corrected chi connectivity index (χ0v) is 17.2. The van der Waals surface area contributed by atoms with Gasteiger partial charge >= 0.3 is 0 Å². The summed E-state index contributed by atoms with van der Waals surface area (Å²) >= 11 is 0. The summed E-state index contributed by atoms with van der Waals surface area (Å²) in [4.78, 5) is 14.5. The summed E-state index contributed by atoms with van der Waals surface area (Å²) in [5, 5.41) is 0.892. The second-order valence-corrected chi connectivity index (χ2v) is 9.43. The van der Waals surface area contributed by atoms with E-state index in [2.05, 4.69) is 4.72 Å². The van der Waals surface area contributed by atoms with Gasteiger partial charge in [-0.25, -0.2) is 17.5 Å². The molecule has 1 saturated heterocycles. The van der Waals surface area contributed by atoms with E-state index in [1.807, 2.05) is 24.3 Å². The lowest BCUT2D eigenvalue weighted by molar-refractivity contribution is 0.0662. The number of benzene rings is 2. The Morgan fingerprint density at radius 2 is 1.87 bits per heavy atom. The summed E-state index contributed by atoms with van der Waals surface area (Å²) in [6, 6.07) is 14.8. The highest BCUT2D eigenvalue weighted by atomic mass is 32.2. The van der Waals surface area contributed by atoms with Gasteiger partial charge in [0.05, 0.1) is 5.75 Å². The molecule has 0 spiro atoms. The number of amides is 1. The fourth-order valence-electron chi connectivity index (χ4n) is 3.73. The van der Waals surface area contributed by atoms with Crippen molar-refractivity contribution in [3.8, 4) is 0 Å². The zero-order chi connectivity index (χ0) is 21.1. The second kappa shape index (κ2) is 8.57. The SMILES string of the molecule is O=C(c1cc2ccccc2o1)N1CCC(CNS(=O)(=O)Cc2cccc(F)c2)CC1. The minimum atomic E-state index is -3.55. The van der Waals surface area contributed by atoms with Crippen LogP contribution in [0.15, 0.2) is 59.0 Å². The molecule has 3 aromatic rings. The van der Waals surface area contributed by atoms with Crippen molar-refractivity contribution in [3.63, 3.8) is 0 Å². The van der Waals surface area contributed by atoms with Gasteiger partial charge in [0.2, 0.25) is 10.0 Å². The average molecular weight is 431 g/mol. The normalized spacial score (nSPS) is 15.6. The van der Waals surface area contributed by atoms with Crippen LogP contribution in [-0.2, 0) is 15.8 Å². The lowest BCUT2D eigenvalue weighted by Gasteiger charge is -2.31. The van der Waals surface area contributed by atoms with Gasteiger partial charge in [0.25, 0.3) is 5.91 Å². The number of halogens is 1. The summed E-state index contributed by atoms with van der Waals surface area (Å²) < 4.78 is 46.1. The number of likely N-dealkylation sites (tertiary alicyclic amines) is 1. The van der Waals surface area contributed by atoms with Gasteiger partial charge in [-0.3, -0.25) is 4.79 Å². The molecule has 0 bridgehead atoms. The highest BCUT2D eigenvalue weighted by Crippen LogP contribution is 2.23. The van der Waals surface area contributed by atoms with Crippen LogP contribution in [0.2, 0.25) is 0 Å². The molecule has 0 atom stereocenters. The number of fused-ring (bicyclic) bond motifs is 1. The monoisotopic (exact) mass is 430 g/mol. The van der Waals surface area contributed by atoms with Crippen molar-refractivity contribution in [2.75, 3.05) is 19.6 Å². The Labute approximate surface area is 174 Å². The third kappa shape index (κ3) is 4.88. The number of piperidine rings is 1. The first-order valence-electron chi connectivity index (χ1n) is 9.89. The molecular weight excluding hydrogens is 407 g/mol. The standard InChI is InChI=1S/C22H23FN2O4S/c23-19-6-3-4-17(12-19)15-30(27,28)24-14-16-8-10-25(11-9-16)22(26)21-13-18-5-1-2-7-20(18)29-21/h1-7,12-13,16,24H,8-11,14-15H2. The number of nitrogens with one attached hydrogen (secondary N) is 1. The molecule has 0 unspecified atom stereocenters. The molecule has 4 rings (SSSR count). The van der Waals surface area contributed by atoms with Crippen molar-refractivity contribution in [2.45, 2.75) is 18.6 Å². The summed E-state index contributed by atoms with van der Waals surface area (Å²) in [7, 11) is -3.55. The highest BCUT2D eigenvalue weighted by Gasteiger charge is 2.26. The number of para-hydroxylation sites is 1. The maximum atomic E-state index is 13.2. The average Bonchev–Trinajstić information content (AvgIpc) is 3.16. The highest BCUT2D eigenvalue weighted by molar-refractivity contribution is 7.88. The molecule has 1 aromatic heterocycles.